The molecule has 0 fully saturated rings. The highest BCUT2D eigenvalue weighted by atomic mass is 35.5. The summed E-state index contributed by atoms with van der Waals surface area (Å²) in [5.41, 5.74) is 2.03. The van der Waals surface area contributed by atoms with Gasteiger partial charge in [-0.2, -0.15) is 0 Å². The van der Waals surface area contributed by atoms with Crippen LogP contribution in [-0.4, -0.2) is 11.9 Å². The third kappa shape index (κ3) is 3.38. The fraction of sp³-hybridized carbons (Fsp3) is 0.0588. The lowest BCUT2D eigenvalue weighted by atomic mass is 10.1. The van der Waals surface area contributed by atoms with Crippen LogP contribution in [0.2, 0.25) is 10.0 Å². The molecule has 2 aromatic rings. The van der Waals surface area contributed by atoms with Crippen molar-refractivity contribution in [2.45, 2.75) is 6.42 Å². The molecule has 3 nitrogen and oxygen atoms in total. The Labute approximate surface area is 137 Å². The Bertz CT molecular complexity index is 783. The van der Waals surface area contributed by atoms with Gasteiger partial charge in [-0.05, 0) is 29.3 Å². The first-order chi connectivity index (χ1) is 10.6. The molecule has 3 rings (SSSR count). The Morgan fingerprint density at radius 3 is 2.55 bits per heavy atom. The maximum Gasteiger partial charge on any atom is 0.363 e. The molecule has 0 atom stereocenters. The molecule has 0 spiro atoms. The van der Waals surface area contributed by atoms with Crippen LogP contribution >= 0.6 is 23.2 Å². The summed E-state index contributed by atoms with van der Waals surface area (Å²) in [4.78, 5) is 16.1. The molecule has 0 unspecified atom stereocenters. The average molecular weight is 332 g/mol. The van der Waals surface area contributed by atoms with E-state index in [1.54, 1.807) is 24.3 Å². The number of nitrogens with zero attached hydrogens (tertiary/aromatic N) is 1. The van der Waals surface area contributed by atoms with E-state index in [0.29, 0.717) is 22.4 Å². The Kier molecular flexibility index (Phi) is 4.27. The topological polar surface area (TPSA) is 38.7 Å². The van der Waals surface area contributed by atoms with Crippen molar-refractivity contribution >= 4 is 41.1 Å². The number of hydrogen-bond acceptors (Lipinski definition) is 3. The summed E-state index contributed by atoms with van der Waals surface area (Å²) >= 11 is 11.8. The van der Waals surface area contributed by atoms with E-state index < -0.39 is 5.97 Å². The molecule has 110 valence electrons. The van der Waals surface area contributed by atoms with Crippen molar-refractivity contribution in [2.75, 3.05) is 0 Å². The minimum absolute atomic E-state index is 0.254. The number of halogens is 2. The van der Waals surface area contributed by atoms with Crippen LogP contribution in [0.25, 0.3) is 6.08 Å². The highest BCUT2D eigenvalue weighted by Crippen LogP contribution is 2.25. The van der Waals surface area contributed by atoms with Crippen molar-refractivity contribution in [2.24, 2.45) is 4.99 Å². The zero-order chi connectivity index (χ0) is 15.5. The zero-order valence-electron chi connectivity index (χ0n) is 11.4. The number of rotatable bonds is 3. The van der Waals surface area contributed by atoms with E-state index in [-0.39, 0.29) is 5.70 Å². The van der Waals surface area contributed by atoms with Gasteiger partial charge in [-0.1, -0.05) is 59.6 Å². The van der Waals surface area contributed by atoms with Crippen molar-refractivity contribution in [3.05, 3.63) is 75.4 Å². The van der Waals surface area contributed by atoms with Crippen molar-refractivity contribution in [1.29, 1.82) is 0 Å². The molecule has 0 N–H and O–H groups in total. The zero-order valence-corrected chi connectivity index (χ0v) is 12.9. The van der Waals surface area contributed by atoms with E-state index in [1.807, 2.05) is 30.3 Å². The molecular formula is C17H11Cl2NO2. The molecule has 0 amide bonds. The minimum Gasteiger partial charge on any atom is -0.406 e. The lowest BCUT2D eigenvalue weighted by Crippen LogP contribution is -2.06. The Morgan fingerprint density at radius 1 is 1.05 bits per heavy atom. The van der Waals surface area contributed by atoms with Gasteiger partial charge in [0.25, 0.3) is 0 Å². The van der Waals surface area contributed by atoms with Gasteiger partial charge in [0, 0.05) is 6.42 Å². The maximum atomic E-state index is 11.9. The first kappa shape index (κ1) is 14.8. The van der Waals surface area contributed by atoms with Crippen LogP contribution in [0.3, 0.4) is 0 Å². The third-order valence-corrected chi connectivity index (χ3v) is 3.85. The monoisotopic (exact) mass is 331 g/mol. The first-order valence-corrected chi connectivity index (χ1v) is 7.38. The summed E-state index contributed by atoms with van der Waals surface area (Å²) < 4.78 is 5.19. The van der Waals surface area contributed by atoms with Gasteiger partial charge in [-0.3, -0.25) is 0 Å². The Balaban J connectivity index is 1.83. The normalized spacial score (nSPS) is 15.8. The number of aliphatic imine (C=N–C) groups is 1. The number of cyclic esters (lactones) is 1. The molecule has 0 radical (unpaired) electrons. The molecule has 5 heteroatoms. The molecule has 22 heavy (non-hydrogen) atoms. The molecule has 0 saturated heterocycles. The quantitative estimate of drug-likeness (QED) is 0.612. The predicted octanol–water partition coefficient (Wildman–Crippen LogP) is 4.53. The molecule has 1 aliphatic rings. The van der Waals surface area contributed by atoms with Crippen LogP contribution in [0, 0.1) is 0 Å². The second-order valence-electron chi connectivity index (χ2n) is 4.76. The van der Waals surface area contributed by atoms with Crippen molar-refractivity contribution in [3.63, 3.8) is 0 Å². The van der Waals surface area contributed by atoms with Gasteiger partial charge in [0.1, 0.15) is 0 Å². The number of benzene rings is 2. The van der Waals surface area contributed by atoms with Crippen LogP contribution in [0.4, 0.5) is 0 Å². The maximum absolute atomic E-state index is 11.9. The summed E-state index contributed by atoms with van der Waals surface area (Å²) in [6.45, 7) is 0. The molecule has 2 aromatic carbocycles. The number of esters is 1. The summed E-state index contributed by atoms with van der Waals surface area (Å²) in [5, 5.41) is 0.891. The second kappa shape index (κ2) is 6.34. The Hall–Kier alpha value is -2.10. The van der Waals surface area contributed by atoms with Crippen LogP contribution in [0.1, 0.15) is 11.1 Å². The van der Waals surface area contributed by atoms with E-state index >= 15 is 0 Å². The van der Waals surface area contributed by atoms with E-state index in [1.165, 1.54) is 0 Å². The standard InChI is InChI=1S/C17H11Cl2NO2/c18-13-7-6-12(8-14(13)19)9-15-17(21)22-16(20-15)10-11-4-2-1-3-5-11/h1-9H,10H2/b15-9+. The molecule has 0 bridgehead atoms. The molecule has 1 heterocycles. The number of carbonyl (C=O) groups is 1. The van der Waals surface area contributed by atoms with Gasteiger partial charge in [-0.25, -0.2) is 9.79 Å². The summed E-state index contributed by atoms with van der Waals surface area (Å²) in [6, 6.07) is 14.8. The van der Waals surface area contributed by atoms with Gasteiger partial charge in [0.05, 0.1) is 10.0 Å². The molecule has 0 saturated carbocycles. The summed E-state index contributed by atoms with van der Waals surface area (Å²) in [7, 11) is 0. The molecule has 0 aromatic heterocycles. The molecule has 1 aliphatic heterocycles. The second-order valence-corrected chi connectivity index (χ2v) is 5.57. The van der Waals surface area contributed by atoms with Gasteiger partial charge in [0.15, 0.2) is 5.70 Å². The van der Waals surface area contributed by atoms with E-state index in [0.717, 1.165) is 11.1 Å². The highest BCUT2D eigenvalue weighted by molar-refractivity contribution is 6.42. The fourth-order valence-electron chi connectivity index (χ4n) is 2.06. The van der Waals surface area contributed by atoms with Gasteiger partial charge < -0.3 is 4.74 Å². The van der Waals surface area contributed by atoms with Crippen molar-refractivity contribution in [3.8, 4) is 0 Å². The Morgan fingerprint density at radius 2 is 1.82 bits per heavy atom. The molecule has 0 aliphatic carbocycles. The smallest absolute Gasteiger partial charge is 0.363 e. The average Bonchev–Trinajstić information content (AvgIpc) is 2.84. The van der Waals surface area contributed by atoms with Crippen molar-refractivity contribution < 1.29 is 9.53 Å². The van der Waals surface area contributed by atoms with Gasteiger partial charge >= 0.3 is 5.97 Å². The molecular weight excluding hydrogens is 321 g/mol. The fourth-order valence-corrected chi connectivity index (χ4v) is 2.37. The van der Waals surface area contributed by atoms with E-state index in [9.17, 15) is 4.79 Å². The number of carbonyl (C=O) groups excluding carboxylic acids is 1. The van der Waals surface area contributed by atoms with E-state index in [4.69, 9.17) is 27.9 Å². The van der Waals surface area contributed by atoms with Crippen LogP contribution in [-0.2, 0) is 16.0 Å². The SMILES string of the molecule is O=C1OC(Cc2ccccc2)=N/C1=C/c1ccc(Cl)c(Cl)c1. The predicted molar refractivity (Wildman–Crippen MR) is 88.1 cm³/mol. The van der Waals surface area contributed by atoms with Crippen LogP contribution < -0.4 is 0 Å². The largest absolute Gasteiger partial charge is 0.406 e. The number of ether oxygens (including phenoxy) is 1. The van der Waals surface area contributed by atoms with Gasteiger partial charge in [-0.15, -0.1) is 0 Å². The summed E-state index contributed by atoms with van der Waals surface area (Å²) in [5.74, 6) is -0.0699. The van der Waals surface area contributed by atoms with Gasteiger partial charge in [0.2, 0.25) is 5.90 Å². The third-order valence-electron chi connectivity index (χ3n) is 3.11. The van der Waals surface area contributed by atoms with Crippen LogP contribution in [0.5, 0.6) is 0 Å². The van der Waals surface area contributed by atoms with E-state index in [2.05, 4.69) is 4.99 Å². The van der Waals surface area contributed by atoms with Crippen molar-refractivity contribution in [1.82, 2.24) is 0 Å². The summed E-state index contributed by atoms with van der Waals surface area (Å²) in [6.07, 6.45) is 2.10. The minimum atomic E-state index is -0.461. The lowest BCUT2D eigenvalue weighted by Gasteiger charge is -1.98. The first-order valence-electron chi connectivity index (χ1n) is 6.62. The highest BCUT2D eigenvalue weighted by Gasteiger charge is 2.22. The van der Waals surface area contributed by atoms with Crippen LogP contribution in [0.15, 0.2) is 59.2 Å². The lowest BCUT2D eigenvalue weighted by molar-refractivity contribution is -0.130. The number of hydrogen-bond donors (Lipinski definition) is 0.